The van der Waals surface area contributed by atoms with Gasteiger partial charge in [-0.3, -0.25) is 4.79 Å². The average Bonchev–Trinajstić information content (AvgIpc) is 3.31. The minimum Gasteiger partial charge on any atom is -0.387 e. The number of pyridine rings is 1. The quantitative estimate of drug-likeness (QED) is 0.901. The molecular formula is C19H27N5O2. The molecule has 1 aliphatic heterocycles. The molecule has 0 aromatic carbocycles. The highest BCUT2D eigenvalue weighted by molar-refractivity contribution is 5.96. The zero-order valence-corrected chi connectivity index (χ0v) is 15.6. The second kappa shape index (κ2) is 6.63. The van der Waals surface area contributed by atoms with Gasteiger partial charge in [0.05, 0.1) is 24.0 Å². The van der Waals surface area contributed by atoms with Crippen LogP contribution in [0.5, 0.6) is 0 Å². The monoisotopic (exact) mass is 357 g/mol. The summed E-state index contributed by atoms with van der Waals surface area (Å²) in [6, 6.07) is 2.31. The van der Waals surface area contributed by atoms with E-state index in [1.165, 1.54) is 25.7 Å². The number of nitrogens with zero attached hydrogens (tertiary/aromatic N) is 5. The van der Waals surface area contributed by atoms with Crippen LogP contribution in [0.3, 0.4) is 0 Å². The number of β-amino-alcohol motifs (C(OH)–C–C–N with tert-alkyl or cyclic N) is 1. The molecule has 1 aliphatic carbocycles. The molecule has 1 saturated carbocycles. The van der Waals surface area contributed by atoms with Crippen molar-refractivity contribution in [3.63, 3.8) is 0 Å². The van der Waals surface area contributed by atoms with Gasteiger partial charge in [-0.2, -0.15) is 0 Å². The van der Waals surface area contributed by atoms with Gasteiger partial charge in [-0.25, -0.2) is 9.97 Å². The largest absolute Gasteiger partial charge is 0.387 e. The molecular weight excluding hydrogens is 330 g/mol. The zero-order chi connectivity index (χ0) is 18.3. The molecule has 1 atom stereocenters. The molecule has 0 bridgehead atoms. The second-order valence-corrected chi connectivity index (χ2v) is 8.10. The van der Waals surface area contributed by atoms with E-state index >= 15 is 0 Å². The molecule has 2 aliphatic rings. The SMILES string of the molecule is CN(C)CC1(O)CCN(C(=O)c2cnc3c(c2)ncn3C2CCCC2)C1. The van der Waals surface area contributed by atoms with Gasteiger partial charge in [-0.15, -0.1) is 0 Å². The Bertz CT molecular complexity index is 811. The van der Waals surface area contributed by atoms with Gasteiger partial charge in [0.2, 0.25) is 0 Å². The summed E-state index contributed by atoms with van der Waals surface area (Å²) in [7, 11) is 3.86. The van der Waals surface area contributed by atoms with E-state index in [1.807, 2.05) is 31.4 Å². The minimum absolute atomic E-state index is 0.0792. The Labute approximate surface area is 153 Å². The number of hydrogen-bond acceptors (Lipinski definition) is 5. The van der Waals surface area contributed by atoms with Crippen LogP contribution in [0.1, 0.15) is 48.5 Å². The normalized spacial score (nSPS) is 24.2. The van der Waals surface area contributed by atoms with Crippen molar-refractivity contribution in [3.05, 3.63) is 24.2 Å². The summed E-state index contributed by atoms with van der Waals surface area (Å²) in [6.07, 6.45) is 8.97. The molecule has 26 heavy (non-hydrogen) atoms. The van der Waals surface area contributed by atoms with Crippen LogP contribution >= 0.6 is 0 Å². The number of aromatic nitrogens is 3. The van der Waals surface area contributed by atoms with Crippen molar-refractivity contribution < 1.29 is 9.90 Å². The van der Waals surface area contributed by atoms with E-state index in [4.69, 9.17) is 0 Å². The third-order valence-corrected chi connectivity index (χ3v) is 5.61. The van der Waals surface area contributed by atoms with Gasteiger partial charge >= 0.3 is 0 Å². The molecule has 1 amide bonds. The fraction of sp³-hybridized carbons (Fsp3) is 0.632. The number of carbonyl (C=O) groups is 1. The molecule has 1 unspecified atom stereocenters. The van der Waals surface area contributed by atoms with Gasteiger partial charge in [0.1, 0.15) is 5.52 Å². The molecule has 2 aromatic heterocycles. The maximum absolute atomic E-state index is 12.9. The smallest absolute Gasteiger partial charge is 0.255 e. The summed E-state index contributed by atoms with van der Waals surface area (Å²) in [5.41, 5.74) is 1.34. The zero-order valence-electron chi connectivity index (χ0n) is 15.6. The number of imidazole rings is 1. The number of amides is 1. The molecule has 7 nitrogen and oxygen atoms in total. The minimum atomic E-state index is -0.833. The van der Waals surface area contributed by atoms with Gasteiger partial charge < -0.3 is 19.5 Å². The maximum Gasteiger partial charge on any atom is 0.255 e. The van der Waals surface area contributed by atoms with Crippen LogP contribution in [-0.2, 0) is 0 Å². The lowest BCUT2D eigenvalue weighted by Gasteiger charge is -2.26. The van der Waals surface area contributed by atoms with E-state index in [1.54, 1.807) is 11.1 Å². The lowest BCUT2D eigenvalue weighted by Crippen LogP contribution is -2.43. The Morgan fingerprint density at radius 2 is 2.12 bits per heavy atom. The third kappa shape index (κ3) is 3.21. The van der Waals surface area contributed by atoms with Gasteiger partial charge in [0.25, 0.3) is 5.91 Å². The first-order valence-corrected chi connectivity index (χ1v) is 9.44. The van der Waals surface area contributed by atoms with E-state index in [-0.39, 0.29) is 5.91 Å². The Morgan fingerprint density at radius 3 is 2.85 bits per heavy atom. The Kier molecular flexibility index (Phi) is 4.44. The van der Waals surface area contributed by atoms with Crippen LogP contribution in [0.2, 0.25) is 0 Å². The predicted molar refractivity (Wildman–Crippen MR) is 99.1 cm³/mol. The number of rotatable bonds is 4. The van der Waals surface area contributed by atoms with Crippen molar-refractivity contribution in [1.29, 1.82) is 0 Å². The fourth-order valence-corrected chi connectivity index (χ4v) is 4.42. The summed E-state index contributed by atoms with van der Waals surface area (Å²) in [4.78, 5) is 25.6. The Balaban J connectivity index is 1.53. The first kappa shape index (κ1) is 17.4. The summed E-state index contributed by atoms with van der Waals surface area (Å²) in [5.74, 6) is -0.0792. The van der Waals surface area contributed by atoms with Gasteiger partial charge in [-0.1, -0.05) is 12.8 Å². The lowest BCUT2D eigenvalue weighted by molar-refractivity contribution is 0.0236. The highest BCUT2D eigenvalue weighted by Crippen LogP contribution is 2.31. The first-order valence-electron chi connectivity index (χ1n) is 9.44. The molecule has 0 spiro atoms. The highest BCUT2D eigenvalue weighted by Gasteiger charge is 2.38. The van der Waals surface area contributed by atoms with Crippen LogP contribution in [0, 0.1) is 0 Å². The van der Waals surface area contributed by atoms with Crippen LogP contribution in [0.25, 0.3) is 11.2 Å². The molecule has 7 heteroatoms. The van der Waals surface area contributed by atoms with Crippen molar-refractivity contribution in [2.24, 2.45) is 0 Å². The number of fused-ring (bicyclic) bond motifs is 1. The summed E-state index contributed by atoms with van der Waals surface area (Å²) in [6.45, 7) is 1.48. The number of likely N-dealkylation sites (tertiary alicyclic amines) is 1. The standard InChI is InChI=1S/C19H27N5O2/c1-22(2)11-19(26)7-8-23(12-19)18(25)14-9-16-17(20-10-14)24(13-21-16)15-5-3-4-6-15/h9-10,13,15,26H,3-8,11-12H2,1-2H3. The molecule has 140 valence electrons. The van der Waals surface area contributed by atoms with Crippen LogP contribution in [0.15, 0.2) is 18.6 Å². The molecule has 1 N–H and O–H groups in total. The van der Waals surface area contributed by atoms with Crippen molar-refractivity contribution in [2.45, 2.75) is 43.7 Å². The number of hydrogen-bond donors (Lipinski definition) is 1. The van der Waals surface area contributed by atoms with Gasteiger partial charge in [0.15, 0.2) is 5.65 Å². The third-order valence-electron chi connectivity index (χ3n) is 5.61. The number of carbonyl (C=O) groups excluding carboxylic acids is 1. The first-order chi connectivity index (χ1) is 12.5. The van der Waals surface area contributed by atoms with Crippen molar-refractivity contribution in [3.8, 4) is 0 Å². The molecule has 0 radical (unpaired) electrons. The summed E-state index contributed by atoms with van der Waals surface area (Å²) < 4.78 is 2.16. The highest BCUT2D eigenvalue weighted by atomic mass is 16.3. The van der Waals surface area contributed by atoms with Crippen molar-refractivity contribution >= 4 is 17.1 Å². The Morgan fingerprint density at radius 1 is 1.35 bits per heavy atom. The summed E-state index contributed by atoms with van der Waals surface area (Å²) in [5, 5.41) is 10.7. The second-order valence-electron chi connectivity index (χ2n) is 8.10. The summed E-state index contributed by atoms with van der Waals surface area (Å²) >= 11 is 0. The predicted octanol–water partition coefficient (Wildman–Crippen LogP) is 1.68. The fourth-order valence-electron chi connectivity index (χ4n) is 4.42. The van der Waals surface area contributed by atoms with Crippen molar-refractivity contribution in [1.82, 2.24) is 24.3 Å². The number of aliphatic hydroxyl groups is 1. The molecule has 4 rings (SSSR count). The van der Waals surface area contributed by atoms with E-state index in [0.717, 1.165) is 11.2 Å². The lowest BCUT2D eigenvalue weighted by atomic mass is 10.0. The van der Waals surface area contributed by atoms with Gasteiger partial charge in [0, 0.05) is 25.3 Å². The topological polar surface area (TPSA) is 74.5 Å². The van der Waals surface area contributed by atoms with Gasteiger partial charge in [-0.05, 0) is 39.4 Å². The van der Waals surface area contributed by atoms with Crippen LogP contribution in [-0.4, -0.2) is 74.7 Å². The molecule has 3 heterocycles. The van der Waals surface area contributed by atoms with Crippen LogP contribution in [0.4, 0.5) is 0 Å². The molecule has 2 fully saturated rings. The van der Waals surface area contributed by atoms with E-state index in [9.17, 15) is 9.90 Å². The van der Waals surface area contributed by atoms with E-state index in [2.05, 4.69) is 14.5 Å². The average molecular weight is 357 g/mol. The van der Waals surface area contributed by atoms with Crippen molar-refractivity contribution in [2.75, 3.05) is 33.7 Å². The van der Waals surface area contributed by atoms with E-state index in [0.29, 0.717) is 37.7 Å². The molecule has 2 aromatic rings. The van der Waals surface area contributed by atoms with E-state index < -0.39 is 5.60 Å². The molecule has 1 saturated heterocycles. The number of likely N-dealkylation sites (N-methyl/N-ethyl adjacent to an activating group) is 1. The van der Waals surface area contributed by atoms with Crippen LogP contribution < -0.4 is 0 Å². The Hall–Kier alpha value is -1.99. The maximum atomic E-state index is 12.9.